The van der Waals surface area contributed by atoms with Crippen molar-refractivity contribution < 1.29 is 31.1 Å². The first-order valence-corrected chi connectivity index (χ1v) is 7.91. The topological polar surface area (TPSA) is 30.0 Å². The molecule has 0 radical (unpaired) electrons. The number of hydrogen-bond acceptors (Lipinski definition) is 2. The predicted octanol–water partition coefficient (Wildman–Crippen LogP) is 6.27. The number of hydrogen-bond donors (Lipinski definition) is 0. The maximum Gasteiger partial charge on any atom is 0.417 e. The molecule has 8 heteroatoms. The van der Waals surface area contributed by atoms with Crippen LogP contribution in [0.25, 0.3) is 22.4 Å². The molecule has 0 saturated heterocycles. The summed E-state index contributed by atoms with van der Waals surface area (Å²) in [7, 11) is 0. The van der Waals surface area contributed by atoms with Gasteiger partial charge in [0.25, 0.3) is 0 Å². The first-order chi connectivity index (χ1) is 13.1. The van der Waals surface area contributed by atoms with Crippen molar-refractivity contribution in [3.8, 4) is 22.4 Å². The minimum atomic E-state index is -4.67. The van der Waals surface area contributed by atoms with Gasteiger partial charge in [0, 0.05) is 22.9 Å². The summed E-state index contributed by atoms with van der Waals surface area (Å²) < 4.78 is 79.5. The van der Waals surface area contributed by atoms with E-state index in [1.165, 1.54) is 36.4 Å². The molecule has 0 saturated carbocycles. The molecule has 28 heavy (non-hydrogen) atoms. The Bertz CT molecular complexity index is 1020. The second-order valence-corrected chi connectivity index (χ2v) is 5.86. The minimum Gasteiger partial charge on any atom is -0.298 e. The van der Waals surface area contributed by atoms with Crippen LogP contribution >= 0.6 is 0 Å². The van der Waals surface area contributed by atoms with Crippen LogP contribution in [0.15, 0.2) is 60.8 Å². The van der Waals surface area contributed by atoms with E-state index in [4.69, 9.17) is 0 Å². The van der Waals surface area contributed by atoms with Crippen molar-refractivity contribution in [3.63, 3.8) is 0 Å². The summed E-state index contributed by atoms with van der Waals surface area (Å²) in [5.41, 5.74) is -2.95. The lowest BCUT2D eigenvalue weighted by Gasteiger charge is -2.16. The quantitative estimate of drug-likeness (QED) is 0.387. The van der Waals surface area contributed by atoms with Gasteiger partial charge in [-0.1, -0.05) is 36.4 Å². The van der Waals surface area contributed by atoms with E-state index in [0.717, 1.165) is 24.4 Å². The molecule has 0 amide bonds. The Morgan fingerprint density at radius 1 is 0.714 bits per heavy atom. The zero-order chi connectivity index (χ0) is 20.5. The van der Waals surface area contributed by atoms with Crippen LogP contribution in [0, 0.1) is 0 Å². The fraction of sp³-hybridized carbons (Fsp3) is 0.100. The molecular formula is C20H11F6NO. The summed E-state index contributed by atoms with van der Waals surface area (Å²) in [5.74, 6) is 0. The lowest BCUT2D eigenvalue weighted by atomic mass is 9.95. The number of aldehydes is 1. The average molecular weight is 395 g/mol. The van der Waals surface area contributed by atoms with Crippen LogP contribution in [0.5, 0.6) is 0 Å². The monoisotopic (exact) mass is 395 g/mol. The molecule has 2 aromatic carbocycles. The van der Waals surface area contributed by atoms with E-state index in [-0.39, 0.29) is 27.9 Å². The number of halogens is 6. The van der Waals surface area contributed by atoms with Crippen molar-refractivity contribution in [2.24, 2.45) is 0 Å². The highest BCUT2D eigenvalue weighted by Gasteiger charge is 2.35. The van der Waals surface area contributed by atoms with Crippen LogP contribution in [-0.2, 0) is 12.4 Å². The molecule has 0 atom stereocenters. The Morgan fingerprint density at radius 3 is 1.75 bits per heavy atom. The molecule has 2 nitrogen and oxygen atoms in total. The van der Waals surface area contributed by atoms with Gasteiger partial charge < -0.3 is 0 Å². The van der Waals surface area contributed by atoms with Crippen molar-refractivity contribution in [1.29, 1.82) is 0 Å². The number of pyridine rings is 1. The van der Waals surface area contributed by atoms with Crippen molar-refractivity contribution in [3.05, 3.63) is 77.5 Å². The van der Waals surface area contributed by atoms with E-state index in [1.807, 2.05) is 0 Å². The minimum absolute atomic E-state index is 0.115. The highest BCUT2D eigenvalue weighted by molar-refractivity contribution is 5.90. The zero-order valence-corrected chi connectivity index (χ0v) is 14.0. The van der Waals surface area contributed by atoms with Crippen molar-refractivity contribution in [2.75, 3.05) is 0 Å². The second-order valence-electron chi connectivity index (χ2n) is 5.86. The maximum atomic E-state index is 13.3. The lowest BCUT2D eigenvalue weighted by molar-refractivity contribution is -0.137. The lowest BCUT2D eigenvalue weighted by Crippen LogP contribution is -2.09. The molecule has 3 rings (SSSR count). The molecule has 144 valence electrons. The van der Waals surface area contributed by atoms with Gasteiger partial charge in [0.05, 0.1) is 16.8 Å². The predicted molar refractivity (Wildman–Crippen MR) is 90.5 cm³/mol. The van der Waals surface area contributed by atoms with E-state index in [9.17, 15) is 31.1 Å². The van der Waals surface area contributed by atoms with E-state index >= 15 is 0 Å². The first kappa shape index (κ1) is 19.6. The largest absolute Gasteiger partial charge is 0.417 e. The van der Waals surface area contributed by atoms with Gasteiger partial charge in [-0.05, 0) is 23.8 Å². The maximum absolute atomic E-state index is 13.3. The number of carbonyl (C=O) groups excluding carboxylic acids is 1. The summed E-state index contributed by atoms with van der Waals surface area (Å²) in [6.45, 7) is 0. The van der Waals surface area contributed by atoms with Crippen LogP contribution in [-0.4, -0.2) is 11.3 Å². The third-order valence-corrected chi connectivity index (χ3v) is 4.09. The third-order valence-electron chi connectivity index (χ3n) is 4.09. The third kappa shape index (κ3) is 3.76. The van der Waals surface area contributed by atoms with Gasteiger partial charge in [-0.3, -0.25) is 9.78 Å². The molecule has 3 aromatic rings. The molecule has 0 aliphatic heterocycles. The van der Waals surface area contributed by atoms with Crippen LogP contribution in [0.4, 0.5) is 26.3 Å². The summed E-state index contributed by atoms with van der Waals surface area (Å²) >= 11 is 0. The van der Waals surface area contributed by atoms with E-state index < -0.39 is 23.5 Å². The number of rotatable bonds is 3. The van der Waals surface area contributed by atoms with Crippen LogP contribution in [0.3, 0.4) is 0 Å². The van der Waals surface area contributed by atoms with Gasteiger partial charge in [0.15, 0.2) is 6.29 Å². The highest BCUT2D eigenvalue weighted by atomic mass is 19.4. The van der Waals surface area contributed by atoms with Crippen molar-refractivity contribution >= 4 is 6.29 Å². The van der Waals surface area contributed by atoms with Gasteiger partial charge in [0.1, 0.15) is 0 Å². The van der Waals surface area contributed by atoms with Gasteiger partial charge >= 0.3 is 12.4 Å². The average Bonchev–Trinajstić information content (AvgIpc) is 2.66. The molecular weight excluding hydrogens is 384 g/mol. The normalized spacial score (nSPS) is 12.1. The van der Waals surface area contributed by atoms with E-state index in [1.54, 1.807) is 0 Å². The van der Waals surface area contributed by atoms with Crippen LogP contribution < -0.4 is 0 Å². The van der Waals surface area contributed by atoms with Gasteiger partial charge in [-0.2, -0.15) is 26.3 Å². The highest BCUT2D eigenvalue weighted by Crippen LogP contribution is 2.40. The first-order valence-electron chi connectivity index (χ1n) is 7.91. The Hall–Kier alpha value is -3.16. The molecule has 0 aliphatic carbocycles. The fourth-order valence-corrected chi connectivity index (χ4v) is 2.86. The molecule has 0 aliphatic rings. The Morgan fingerprint density at radius 2 is 1.21 bits per heavy atom. The standard InChI is InChI=1S/C20H11F6NO/c21-19(22,23)16-7-3-1-5-13(16)15-10-27-18(9-12(15)11-28)14-6-2-4-8-17(14)20(24,25)26/h1-11H. The molecule has 0 unspecified atom stereocenters. The number of aromatic nitrogens is 1. The summed E-state index contributed by atoms with van der Waals surface area (Å²) in [6, 6.07) is 10.3. The fourth-order valence-electron chi connectivity index (χ4n) is 2.86. The van der Waals surface area contributed by atoms with E-state index in [0.29, 0.717) is 6.29 Å². The summed E-state index contributed by atoms with van der Waals surface area (Å²) in [6.07, 6.45) is -8.04. The molecule has 0 N–H and O–H groups in total. The van der Waals surface area contributed by atoms with E-state index in [2.05, 4.69) is 4.98 Å². The number of nitrogens with zero attached hydrogens (tertiary/aromatic N) is 1. The smallest absolute Gasteiger partial charge is 0.298 e. The molecule has 1 heterocycles. The number of benzene rings is 2. The van der Waals surface area contributed by atoms with Crippen molar-refractivity contribution in [2.45, 2.75) is 12.4 Å². The molecule has 0 spiro atoms. The van der Waals surface area contributed by atoms with Crippen molar-refractivity contribution in [1.82, 2.24) is 4.98 Å². The summed E-state index contributed by atoms with van der Waals surface area (Å²) in [4.78, 5) is 15.4. The van der Waals surface area contributed by atoms with Gasteiger partial charge in [-0.15, -0.1) is 0 Å². The van der Waals surface area contributed by atoms with Gasteiger partial charge in [0.2, 0.25) is 0 Å². The Labute approximate surface area is 155 Å². The number of alkyl halides is 6. The zero-order valence-electron chi connectivity index (χ0n) is 14.0. The van der Waals surface area contributed by atoms with Gasteiger partial charge in [-0.25, -0.2) is 0 Å². The van der Waals surface area contributed by atoms with Crippen LogP contribution in [0.2, 0.25) is 0 Å². The molecule has 1 aromatic heterocycles. The molecule has 0 fully saturated rings. The summed E-state index contributed by atoms with van der Waals surface area (Å²) in [5, 5.41) is 0. The van der Waals surface area contributed by atoms with Crippen LogP contribution in [0.1, 0.15) is 21.5 Å². The Kier molecular flexibility index (Phi) is 4.97. The second kappa shape index (κ2) is 7.10. The SMILES string of the molecule is O=Cc1cc(-c2ccccc2C(F)(F)F)ncc1-c1ccccc1C(F)(F)F. The Balaban J connectivity index is 2.19. The number of carbonyl (C=O) groups is 1. The molecule has 0 bridgehead atoms.